The first-order valence-electron chi connectivity index (χ1n) is 11.0. The van der Waals surface area contributed by atoms with Gasteiger partial charge in [0, 0.05) is 18.5 Å². The Hall–Kier alpha value is -3.67. The van der Waals surface area contributed by atoms with Gasteiger partial charge in [-0.3, -0.25) is 0 Å². The Bertz CT molecular complexity index is 1260. The molecule has 0 amide bonds. The molecule has 4 heterocycles. The van der Waals surface area contributed by atoms with Crippen molar-refractivity contribution in [3.05, 3.63) is 47.7 Å². The number of rotatable bonds is 6. The Kier molecular flexibility index (Phi) is 5.83. The monoisotopic (exact) mass is 488 g/mol. The Balaban J connectivity index is 1.51. The molecule has 0 saturated carbocycles. The van der Waals surface area contributed by atoms with Crippen LogP contribution in [0, 0.1) is 12.7 Å². The zero-order valence-corrected chi connectivity index (χ0v) is 19.0. The van der Waals surface area contributed by atoms with Gasteiger partial charge in [-0.1, -0.05) is 6.07 Å². The van der Waals surface area contributed by atoms with Crippen molar-refractivity contribution in [2.75, 3.05) is 30.4 Å². The third kappa shape index (κ3) is 3.87. The molecule has 5 rings (SSSR count). The molecule has 184 valence electrons. The van der Waals surface area contributed by atoms with Gasteiger partial charge in [-0.05, 0) is 25.1 Å². The molecule has 12 heteroatoms. The Morgan fingerprint density at radius 1 is 1.31 bits per heavy atom. The normalized spacial score (nSPS) is 20.9. The lowest BCUT2D eigenvalue weighted by Crippen LogP contribution is -2.57. The predicted octanol–water partition coefficient (Wildman–Crippen LogP) is 2.97. The highest BCUT2D eigenvalue weighted by molar-refractivity contribution is 5.78. The van der Waals surface area contributed by atoms with E-state index in [4.69, 9.17) is 9.47 Å². The Labute approximate surface area is 198 Å². The molecule has 0 aliphatic carbocycles. The van der Waals surface area contributed by atoms with Crippen molar-refractivity contribution in [1.82, 2.24) is 20.2 Å². The maximum Gasteiger partial charge on any atom is 0.263 e. The number of hydrogen-bond donors (Lipinski definition) is 2. The fourth-order valence-electron chi connectivity index (χ4n) is 4.69. The standard InChI is InChI=1S/C23H23F3N6O3/c1-12-21(27-8-13(10-33)29-12)35-14-7-23(22(25)26)11-28-20-18(32(23)9-14)6-17(30-31-20)15-4-3-5-16(24)19(15)34-2/h3-6,8,14,22,33H,7,9-11H2,1-2H3,(H,28,31). The smallest absolute Gasteiger partial charge is 0.263 e. The molecule has 9 nitrogen and oxygen atoms in total. The summed E-state index contributed by atoms with van der Waals surface area (Å²) in [6, 6.07) is 6.01. The molecule has 2 aliphatic heterocycles. The van der Waals surface area contributed by atoms with E-state index in [1.807, 2.05) is 0 Å². The summed E-state index contributed by atoms with van der Waals surface area (Å²) in [7, 11) is 1.34. The van der Waals surface area contributed by atoms with Crippen molar-refractivity contribution in [3.63, 3.8) is 0 Å². The van der Waals surface area contributed by atoms with Gasteiger partial charge in [0.1, 0.15) is 11.6 Å². The number of aliphatic hydroxyl groups excluding tert-OH is 1. The fraction of sp³-hybridized carbons (Fsp3) is 0.391. The summed E-state index contributed by atoms with van der Waals surface area (Å²) < 4.78 is 54.5. The molecule has 2 aliphatic rings. The van der Waals surface area contributed by atoms with Crippen LogP contribution in [-0.4, -0.2) is 63.5 Å². The number of hydrogen-bond acceptors (Lipinski definition) is 9. The van der Waals surface area contributed by atoms with Crippen LogP contribution < -0.4 is 19.7 Å². The summed E-state index contributed by atoms with van der Waals surface area (Å²) in [5.74, 6) is 0.00329. The summed E-state index contributed by atoms with van der Waals surface area (Å²) in [5, 5.41) is 20.6. The van der Waals surface area contributed by atoms with Crippen molar-refractivity contribution in [3.8, 4) is 22.9 Å². The summed E-state index contributed by atoms with van der Waals surface area (Å²) in [6.45, 7) is 1.51. The van der Waals surface area contributed by atoms with Crippen LogP contribution in [-0.2, 0) is 6.61 Å². The third-order valence-corrected chi connectivity index (χ3v) is 6.38. The van der Waals surface area contributed by atoms with E-state index in [-0.39, 0.29) is 43.4 Å². The van der Waals surface area contributed by atoms with E-state index >= 15 is 0 Å². The lowest BCUT2D eigenvalue weighted by Gasteiger charge is -2.43. The van der Waals surface area contributed by atoms with Crippen LogP contribution >= 0.6 is 0 Å². The molecule has 2 atom stereocenters. The quantitative estimate of drug-likeness (QED) is 0.542. The van der Waals surface area contributed by atoms with Crippen LogP contribution in [0.1, 0.15) is 17.8 Å². The van der Waals surface area contributed by atoms with E-state index in [1.54, 1.807) is 24.0 Å². The first kappa shape index (κ1) is 23.1. The number of halogens is 3. The predicted molar refractivity (Wildman–Crippen MR) is 120 cm³/mol. The molecule has 0 spiro atoms. The molecule has 0 bridgehead atoms. The van der Waals surface area contributed by atoms with Crippen LogP contribution in [0.5, 0.6) is 11.6 Å². The SMILES string of the molecule is COc1c(F)cccc1-c1cc2c(nn1)NCC1(C(F)F)CC(Oc3ncc(CO)nc3C)CN21. The number of fused-ring (bicyclic) bond motifs is 3. The number of aryl methyl sites for hydroxylation is 1. The summed E-state index contributed by atoms with van der Waals surface area (Å²) >= 11 is 0. The molecular formula is C23H23F3N6O3. The number of ether oxygens (including phenoxy) is 2. The lowest BCUT2D eigenvalue weighted by molar-refractivity contribution is 0.0528. The highest BCUT2D eigenvalue weighted by Crippen LogP contribution is 2.46. The van der Waals surface area contributed by atoms with Gasteiger partial charge >= 0.3 is 0 Å². The van der Waals surface area contributed by atoms with Crippen LogP contribution in [0.2, 0.25) is 0 Å². The number of aromatic nitrogens is 4. The zero-order valence-electron chi connectivity index (χ0n) is 19.0. The van der Waals surface area contributed by atoms with Crippen molar-refractivity contribution in [2.24, 2.45) is 0 Å². The number of benzene rings is 1. The van der Waals surface area contributed by atoms with Crippen molar-refractivity contribution in [1.29, 1.82) is 0 Å². The van der Waals surface area contributed by atoms with Gasteiger partial charge in [0.05, 0.1) is 49.2 Å². The molecular weight excluding hydrogens is 465 g/mol. The Morgan fingerprint density at radius 3 is 2.86 bits per heavy atom. The van der Waals surface area contributed by atoms with E-state index < -0.39 is 23.9 Å². The highest BCUT2D eigenvalue weighted by atomic mass is 19.3. The minimum Gasteiger partial charge on any atom is -0.493 e. The molecule has 1 aromatic carbocycles. The minimum absolute atomic E-state index is 0.00588. The molecule has 2 N–H and O–H groups in total. The number of para-hydroxylation sites is 1. The van der Waals surface area contributed by atoms with E-state index in [0.717, 1.165) is 0 Å². The molecule has 0 radical (unpaired) electrons. The second-order valence-electron chi connectivity index (χ2n) is 8.51. The average molecular weight is 488 g/mol. The van der Waals surface area contributed by atoms with Crippen LogP contribution in [0.4, 0.5) is 24.7 Å². The fourth-order valence-corrected chi connectivity index (χ4v) is 4.69. The maximum absolute atomic E-state index is 14.5. The third-order valence-electron chi connectivity index (χ3n) is 6.38. The summed E-state index contributed by atoms with van der Waals surface area (Å²) in [4.78, 5) is 9.98. The first-order chi connectivity index (χ1) is 16.9. The van der Waals surface area contributed by atoms with Gasteiger partial charge in [0.25, 0.3) is 6.43 Å². The molecule has 1 fully saturated rings. The van der Waals surface area contributed by atoms with E-state index in [1.165, 1.54) is 25.4 Å². The zero-order chi connectivity index (χ0) is 24.7. The topological polar surface area (TPSA) is 106 Å². The summed E-state index contributed by atoms with van der Waals surface area (Å²) in [6.07, 6.45) is -1.88. The number of alkyl halides is 2. The van der Waals surface area contributed by atoms with E-state index in [0.29, 0.717) is 28.5 Å². The van der Waals surface area contributed by atoms with Gasteiger partial charge < -0.3 is 24.8 Å². The van der Waals surface area contributed by atoms with Gasteiger partial charge in [0.2, 0.25) is 5.88 Å². The van der Waals surface area contributed by atoms with Crippen molar-refractivity contribution in [2.45, 2.75) is 38.0 Å². The molecule has 35 heavy (non-hydrogen) atoms. The Morgan fingerprint density at radius 2 is 2.14 bits per heavy atom. The average Bonchev–Trinajstić information content (AvgIpc) is 3.25. The van der Waals surface area contributed by atoms with Gasteiger partial charge in [0.15, 0.2) is 17.4 Å². The van der Waals surface area contributed by atoms with Crippen LogP contribution in [0.3, 0.4) is 0 Å². The number of aliphatic hydroxyl groups is 1. The maximum atomic E-state index is 14.5. The largest absolute Gasteiger partial charge is 0.493 e. The van der Waals surface area contributed by atoms with Gasteiger partial charge in [-0.2, -0.15) is 0 Å². The van der Waals surface area contributed by atoms with Crippen LogP contribution in [0.15, 0.2) is 30.5 Å². The molecule has 3 aromatic rings. The van der Waals surface area contributed by atoms with Crippen LogP contribution in [0.25, 0.3) is 11.3 Å². The number of nitrogens with one attached hydrogen (secondary N) is 1. The molecule has 2 aromatic heterocycles. The van der Waals surface area contributed by atoms with Gasteiger partial charge in [-0.15, -0.1) is 10.2 Å². The number of nitrogens with zero attached hydrogens (tertiary/aromatic N) is 5. The van der Waals surface area contributed by atoms with Crippen molar-refractivity contribution >= 4 is 11.5 Å². The lowest BCUT2D eigenvalue weighted by atomic mass is 9.93. The minimum atomic E-state index is -2.69. The first-order valence-corrected chi connectivity index (χ1v) is 11.0. The molecule has 2 unspecified atom stereocenters. The van der Waals surface area contributed by atoms with Gasteiger partial charge in [-0.25, -0.2) is 23.1 Å². The van der Waals surface area contributed by atoms with E-state index in [2.05, 4.69) is 25.5 Å². The van der Waals surface area contributed by atoms with Crippen molar-refractivity contribution < 1.29 is 27.8 Å². The number of anilines is 2. The summed E-state index contributed by atoms with van der Waals surface area (Å²) in [5.41, 5.74) is 0.362. The second-order valence-corrected chi connectivity index (χ2v) is 8.51. The molecule has 1 saturated heterocycles. The highest BCUT2D eigenvalue weighted by Gasteiger charge is 2.56. The van der Waals surface area contributed by atoms with E-state index in [9.17, 15) is 18.3 Å². The number of methoxy groups -OCH3 is 1. The second kappa shape index (κ2) is 8.84.